The zero-order valence-corrected chi connectivity index (χ0v) is 14.6. The van der Waals surface area contributed by atoms with Crippen LogP contribution >= 0.6 is 0 Å². The van der Waals surface area contributed by atoms with Crippen LogP contribution in [0.3, 0.4) is 0 Å². The van der Waals surface area contributed by atoms with Crippen LogP contribution in [0.15, 0.2) is 47.5 Å². The van der Waals surface area contributed by atoms with E-state index in [1.54, 1.807) is 14.2 Å². The molecule has 1 unspecified atom stereocenters. The van der Waals surface area contributed by atoms with Crippen LogP contribution in [0.5, 0.6) is 5.75 Å². The topological polar surface area (TPSA) is 45.7 Å². The van der Waals surface area contributed by atoms with E-state index in [9.17, 15) is 0 Å². The van der Waals surface area contributed by atoms with Gasteiger partial charge < -0.3 is 15.4 Å². The number of fused-ring (bicyclic) bond motifs is 1. The fraction of sp³-hybridized carbons (Fsp3) is 0.350. The Kier molecular flexibility index (Phi) is 5.04. The standard InChI is InChI=1S/C20H25N3O/c1-14-8-9-16(19(10-14)24-3)12-22-20(21-2)23-13-17-11-15-6-4-5-7-18(15)17/h4-10,17H,11-13H2,1-3H3,(H2,21,22,23). The van der Waals surface area contributed by atoms with Crippen molar-refractivity contribution in [2.24, 2.45) is 4.99 Å². The lowest BCUT2D eigenvalue weighted by Gasteiger charge is -2.30. The van der Waals surface area contributed by atoms with Gasteiger partial charge in [-0.2, -0.15) is 0 Å². The summed E-state index contributed by atoms with van der Waals surface area (Å²) in [6.07, 6.45) is 1.14. The lowest BCUT2D eigenvalue weighted by molar-refractivity contribution is 0.408. The largest absolute Gasteiger partial charge is 0.496 e. The van der Waals surface area contributed by atoms with E-state index < -0.39 is 0 Å². The van der Waals surface area contributed by atoms with Crippen molar-refractivity contribution in [3.05, 3.63) is 64.7 Å². The minimum atomic E-state index is 0.577. The molecule has 4 heteroatoms. The van der Waals surface area contributed by atoms with Gasteiger partial charge in [-0.25, -0.2) is 0 Å². The summed E-state index contributed by atoms with van der Waals surface area (Å²) in [4.78, 5) is 4.32. The van der Waals surface area contributed by atoms with Gasteiger partial charge in [0.05, 0.1) is 7.11 Å². The normalized spacial score (nSPS) is 16.1. The van der Waals surface area contributed by atoms with Gasteiger partial charge in [0.1, 0.15) is 5.75 Å². The minimum absolute atomic E-state index is 0.577. The molecule has 1 atom stereocenters. The summed E-state index contributed by atoms with van der Waals surface area (Å²) in [5.74, 6) is 2.31. The molecule has 0 radical (unpaired) electrons. The highest BCUT2D eigenvalue weighted by Crippen LogP contribution is 2.33. The molecule has 0 spiro atoms. The second-order valence-corrected chi connectivity index (χ2v) is 6.22. The third-order valence-corrected chi connectivity index (χ3v) is 4.59. The third-order valence-electron chi connectivity index (χ3n) is 4.59. The highest BCUT2D eigenvalue weighted by atomic mass is 16.5. The molecule has 0 bridgehead atoms. The second kappa shape index (κ2) is 7.39. The van der Waals surface area contributed by atoms with Gasteiger partial charge in [-0.05, 0) is 36.1 Å². The molecule has 0 saturated heterocycles. The van der Waals surface area contributed by atoms with Crippen molar-refractivity contribution in [3.63, 3.8) is 0 Å². The highest BCUT2D eigenvalue weighted by Gasteiger charge is 2.25. The molecule has 2 aromatic carbocycles. The van der Waals surface area contributed by atoms with Crippen LogP contribution in [0.2, 0.25) is 0 Å². The van der Waals surface area contributed by atoms with Gasteiger partial charge in [0.15, 0.2) is 5.96 Å². The summed E-state index contributed by atoms with van der Waals surface area (Å²) in [7, 11) is 3.51. The van der Waals surface area contributed by atoms with Gasteiger partial charge in [-0.1, -0.05) is 36.4 Å². The van der Waals surface area contributed by atoms with Crippen molar-refractivity contribution >= 4 is 5.96 Å². The molecule has 126 valence electrons. The Morgan fingerprint density at radius 3 is 2.79 bits per heavy atom. The number of hydrogen-bond donors (Lipinski definition) is 2. The Hall–Kier alpha value is -2.49. The number of aryl methyl sites for hydroxylation is 1. The minimum Gasteiger partial charge on any atom is -0.496 e. The van der Waals surface area contributed by atoms with Gasteiger partial charge in [0, 0.05) is 31.6 Å². The van der Waals surface area contributed by atoms with Crippen LogP contribution in [-0.2, 0) is 13.0 Å². The molecule has 0 saturated carbocycles. The van der Waals surface area contributed by atoms with Gasteiger partial charge in [-0.15, -0.1) is 0 Å². The maximum atomic E-state index is 5.46. The SMILES string of the molecule is CN=C(NCc1ccc(C)cc1OC)NCC1Cc2ccccc21. The molecule has 2 aromatic rings. The first kappa shape index (κ1) is 16.4. The molecule has 2 N–H and O–H groups in total. The van der Waals surface area contributed by atoms with E-state index >= 15 is 0 Å². The number of nitrogens with one attached hydrogen (secondary N) is 2. The van der Waals surface area contributed by atoms with Crippen LogP contribution in [0.4, 0.5) is 0 Å². The zero-order chi connectivity index (χ0) is 16.9. The highest BCUT2D eigenvalue weighted by molar-refractivity contribution is 5.79. The van der Waals surface area contributed by atoms with Crippen LogP contribution in [-0.4, -0.2) is 26.7 Å². The van der Waals surface area contributed by atoms with Crippen LogP contribution in [0, 0.1) is 6.92 Å². The molecule has 0 aromatic heterocycles. The van der Waals surface area contributed by atoms with Crippen molar-refractivity contribution in [2.45, 2.75) is 25.8 Å². The lowest BCUT2D eigenvalue weighted by Crippen LogP contribution is -2.40. The van der Waals surface area contributed by atoms with E-state index in [0.717, 1.165) is 30.2 Å². The Morgan fingerprint density at radius 2 is 2.04 bits per heavy atom. The molecule has 0 aliphatic heterocycles. The first-order valence-electron chi connectivity index (χ1n) is 8.37. The number of rotatable bonds is 5. The summed E-state index contributed by atoms with van der Waals surface area (Å²) in [5, 5.41) is 6.80. The van der Waals surface area contributed by atoms with Crippen molar-refractivity contribution in [1.29, 1.82) is 0 Å². The number of aliphatic imine (C=N–C) groups is 1. The predicted molar refractivity (Wildman–Crippen MR) is 98.8 cm³/mol. The Balaban J connectivity index is 1.53. The van der Waals surface area contributed by atoms with E-state index in [4.69, 9.17) is 4.74 Å². The van der Waals surface area contributed by atoms with Crippen molar-refractivity contribution in [3.8, 4) is 5.75 Å². The molecule has 0 amide bonds. The van der Waals surface area contributed by atoms with Crippen molar-refractivity contribution < 1.29 is 4.74 Å². The first-order chi connectivity index (χ1) is 11.7. The molecule has 0 heterocycles. The number of methoxy groups -OCH3 is 1. The number of benzene rings is 2. The summed E-state index contributed by atoms with van der Waals surface area (Å²) < 4.78 is 5.46. The molecule has 3 rings (SSSR count). The van der Waals surface area contributed by atoms with E-state index in [-0.39, 0.29) is 0 Å². The van der Waals surface area contributed by atoms with Crippen LogP contribution in [0.1, 0.15) is 28.2 Å². The fourth-order valence-corrected chi connectivity index (χ4v) is 3.16. The molecular weight excluding hydrogens is 298 g/mol. The van der Waals surface area contributed by atoms with E-state index in [1.165, 1.54) is 16.7 Å². The fourth-order valence-electron chi connectivity index (χ4n) is 3.16. The monoisotopic (exact) mass is 323 g/mol. The Morgan fingerprint density at radius 1 is 1.21 bits per heavy atom. The first-order valence-corrected chi connectivity index (χ1v) is 8.37. The van der Waals surface area contributed by atoms with Crippen LogP contribution < -0.4 is 15.4 Å². The van der Waals surface area contributed by atoms with Gasteiger partial charge in [0.2, 0.25) is 0 Å². The third kappa shape index (κ3) is 3.53. The summed E-state index contributed by atoms with van der Waals surface area (Å²) in [5.41, 5.74) is 5.25. The van der Waals surface area contributed by atoms with Gasteiger partial charge >= 0.3 is 0 Å². The number of guanidine groups is 1. The molecule has 1 aliphatic rings. The van der Waals surface area contributed by atoms with E-state index in [1.807, 2.05) is 0 Å². The number of ether oxygens (including phenoxy) is 1. The summed E-state index contributed by atoms with van der Waals surface area (Å²) in [6, 6.07) is 14.9. The number of nitrogens with zero attached hydrogens (tertiary/aromatic N) is 1. The van der Waals surface area contributed by atoms with E-state index in [2.05, 4.69) is 65.0 Å². The van der Waals surface area contributed by atoms with E-state index in [0.29, 0.717) is 12.5 Å². The Bertz CT molecular complexity index is 739. The van der Waals surface area contributed by atoms with Crippen LogP contribution in [0.25, 0.3) is 0 Å². The number of hydrogen-bond acceptors (Lipinski definition) is 2. The van der Waals surface area contributed by atoms with Gasteiger partial charge in [-0.3, -0.25) is 4.99 Å². The average Bonchev–Trinajstić information content (AvgIpc) is 2.59. The molecular formula is C20H25N3O. The molecule has 0 fully saturated rings. The van der Waals surface area contributed by atoms with Gasteiger partial charge in [0.25, 0.3) is 0 Å². The van der Waals surface area contributed by atoms with Crippen molar-refractivity contribution in [2.75, 3.05) is 20.7 Å². The predicted octanol–water partition coefficient (Wildman–Crippen LogP) is 3.01. The maximum absolute atomic E-state index is 5.46. The van der Waals surface area contributed by atoms with Crippen molar-refractivity contribution in [1.82, 2.24) is 10.6 Å². The lowest BCUT2D eigenvalue weighted by atomic mass is 9.78. The maximum Gasteiger partial charge on any atom is 0.191 e. The molecule has 1 aliphatic carbocycles. The average molecular weight is 323 g/mol. The molecule has 4 nitrogen and oxygen atoms in total. The smallest absolute Gasteiger partial charge is 0.191 e. The Labute approximate surface area is 144 Å². The summed E-state index contributed by atoms with van der Waals surface area (Å²) >= 11 is 0. The summed E-state index contributed by atoms with van der Waals surface area (Å²) in [6.45, 7) is 3.66. The molecule has 24 heavy (non-hydrogen) atoms. The zero-order valence-electron chi connectivity index (χ0n) is 14.6. The second-order valence-electron chi connectivity index (χ2n) is 6.22. The quantitative estimate of drug-likeness (QED) is 0.657.